The van der Waals surface area contributed by atoms with Crippen molar-refractivity contribution in [2.24, 2.45) is 5.92 Å². The average molecular weight is 421 g/mol. The van der Waals surface area contributed by atoms with Crippen LogP contribution in [0.25, 0.3) is 5.57 Å². The number of halogens is 1. The Morgan fingerprint density at radius 3 is 2.69 bits per heavy atom. The van der Waals surface area contributed by atoms with Gasteiger partial charge in [0.05, 0.1) is 20.5 Å². The van der Waals surface area contributed by atoms with E-state index < -0.39 is 5.97 Å². The van der Waals surface area contributed by atoms with Gasteiger partial charge in [-0.3, -0.25) is 0 Å². The van der Waals surface area contributed by atoms with Gasteiger partial charge in [-0.1, -0.05) is 56.1 Å². The molecule has 2 aromatic rings. The van der Waals surface area contributed by atoms with Crippen LogP contribution in [0.15, 0.2) is 30.5 Å². The molecule has 6 nitrogen and oxygen atoms in total. The predicted octanol–water partition coefficient (Wildman–Crippen LogP) is 5.02. The molecule has 0 N–H and O–H groups in total. The second-order valence-electron chi connectivity index (χ2n) is 7.00. The zero-order valence-electron chi connectivity index (χ0n) is 17.7. The average Bonchev–Trinajstić information content (AvgIpc) is 2.98. The number of carbonyl (C=O) groups excluding carboxylic acids is 1. The van der Waals surface area contributed by atoms with E-state index in [4.69, 9.17) is 25.8 Å². The number of ether oxygens (including phenoxy) is 3. The van der Waals surface area contributed by atoms with Crippen LogP contribution in [0, 0.1) is 12.8 Å². The summed E-state index contributed by atoms with van der Waals surface area (Å²) in [6.07, 6.45) is 3.61. The summed E-state index contributed by atoms with van der Waals surface area (Å²) in [6, 6.07) is 7.44. The van der Waals surface area contributed by atoms with E-state index in [-0.39, 0.29) is 6.61 Å². The molecule has 0 radical (unpaired) electrons. The number of nitrogens with zero attached hydrogens (tertiary/aromatic N) is 2. The smallest absolute Gasteiger partial charge is 0.341 e. The molecule has 1 aromatic carbocycles. The van der Waals surface area contributed by atoms with Gasteiger partial charge in [0.2, 0.25) is 5.88 Å². The number of methoxy groups -OCH3 is 2. The van der Waals surface area contributed by atoms with Gasteiger partial charge in [0.25, 0.3) is 0 Å². The van der Waals surface area contributed by atoms with Gasteiger partial charge in [0, 0.05) is 12.1 Å². The second kappa shape index (κ2) is 10.9. The predicted molar refractivity (Wildman–Crippen MR) is 114 cm³/mol. The largest absolute Gasteiger partial charge is 0.503 e. The molecule has 1 aromatic heterocycles. The first-order valence-corrected chi connectivity index (χ1v) is 10.1. The lowest BCUT2D eigenvalue weighted by molar-refractivity contribution is -0.133. The van der Waals surface area contributed by atoms with Crippen LogP contribution in [0.1, 0.15) is 43.4 Å². The van der Waals surface area contributed by atoms with Crippen molar-refractivity contribution in [2.75, 3.05) is 14.2 Å². The number of benzene rings is 1. The highest BCUT2D eigenvalue weighted by atomic mass is 35.5. The maximum atomic E-state index is 12.1. The minimum Gasteiger partial charge on any atom is -0.503 e. The van der Waals surface area contributed by atoms with Crippen molar-refractivity contribution in [2.45, 2.75) is 46.8 Å². The molecule has 158 valence electrons. The minimum atomic E-state index is -0.479. The van der Waals surface area contributed by atoms with Crippen molar-refractivity contribution < 1.29 is 19.0 Å². The van der Waals surface area contributed by atoms with E-state index in [2.05, 4.69) is 18.9 Å². The number of aromatic nitrogens is 2. The second-order valence-corrected chi connectivity index (χ2v) is 7.36. The molecular weight excluding hydrogens is 392 g/mol. The van der Waals surface area contributed by atoms with Gasteiger partial charge in [0.15, 0.2) is 0 Å². The van der Waals surface area contributed by atoms with Crippen LogP contribution >= 0.6 is 11.6 Å². The van der Waals surface area contributed by atoms with Gasteiger partial charge in [-0.2, -0.15) is 0 Å². The SMILES string of the molecule is CCCC(C)Cn1nc(OCc2ccccc2/C(=C\OC)C(=O)OC)c(C)c1Cl. The Bertz CT molecular complexity index is 860. The van der Waals surface area contributed by atoms with E-state index in [0.29, 0.717) is 28.1 Å². The lowest BCUT2D eigenvalue weighted by atomic mass is 10.0. The van der Waals surface area contributed by atoms with Crippen LogP contribution in [0.4, 0.5) is 0 Å². The Hall–Kier alpha value is -2.47. The molecule has 0 saturated carbocycles. The molecular formula is C22H29ClN2O4. The van der Waals surface area contributed by atoms with Gasteiger partial charge in [-0.05, 0) is 30.4 Å². The third kappa shape index (κ3) is 5.76. The monoisotopic (exact) mass is 420 g/mol. The first-order chi connectivity index (χ1) is 13.9. The molecule has 2 rings (SSSR count). The van der Waals surface area contributed by atoms with Crippen molar-refractivity contribution in [1.82, 2.24) is 9.78 Å². The lowest BCUT2D eigenvalue weighted by Gasteiger charge is -2.12. The van der Waals surface area contributed by atoms with Crippen LogP contribution in [0.2, 0.25) is 5.15 Å². The molecule has 1 unspecified atom stereocenters. The van der Waals surface area contributed by atoms with Gasteiger partial charge < -0.3 is 14.2 Å². The van der Waals surface area contributed by atoms with Crippen molar-refractivity contribution in [3.63, 3.8) is 0 Å². The van der Waals surface area contributed by atoms with Crippen molar-refractivity contribution >= 4 is 23.1 Å². The third-order valence-electron chi connectivity index (χ3n) is 4.65. The molecule has 0 bridgehead atoms. The summed E-state index contributed by atoms with van der Waals surface area (Å²) in [5.74, 6) is 0.490. The van der Waals surface area contributed by atoms with Crippen LogP contribution in [0.3, 0.4) is 0 Å². The molecule has 1 atom stereocenters. The standard InChI is InChI=1S/C22H29ClN2O4/c1-6-9-15(2)12-25-20(23)16(3)21(24-25)29-13-17-10-7-8-11-18(17)19(14-27-4)22(26)28-5/h7-8,10-11,14-15H,6,9,12-13H2,1-5H3/b19-14+. The van der Waals surface area contributed by atoms with Crippen LogP contribution in [-0.4, -0.2) is 30.0 Å². The summed E-state index contributed by atoms with van der Waals surface area (Å²) in [4.78, 5) is 12.1. The molecule has 0 amide bonds. The maximum Gasteiger partial charge on any atom is 0.341 e. The number of hydrogen-bond donors (Lipinski definition) is 0. The topological polar surface area (TPSA) is 62.6 Å². The van der Waals surface area contributed by atoms with Gasteiger partial charge in [-0.25, -0.2) is 9.48 Å². The Morgan fingerprint density at radius 2 is 2.03 bits per heavy atom. The number of esters is 1. The van der Waals surface area contributed by atoms with E-state index in [0.717, 1.165) is 30.5 Å². The summed E-state index contributed by atoms with van der Waals surface area (Å²) in [6.45, 7) is 7.22. The number of carbonyl (C=O) groups is 1. The third-order valence-corrected chi connectivity index (χ3v) is 5.13. The van der Waals surface area contributed by atoms with Crippen LogP contribution in [0.5, 0.6) is 5.88 Å². The Labute approximate surface area is 177 Å². The van der Waals surface area contributed by atoms with Crippen LogP contribution in [-0.2, 0) is 27.4 Å². The molecule has 0 saturated heterocycles. The number of hydrogen-bond acceptors (Lipinski definition) is 5. The fourth-order valence-corrected chi connectivity index (χ4v) is 3.34. The van der Waals surface area contributed by atoms with Crippen molar-refractivity contribution in [3.05, 3.63) is 52.4 Å². The first kappa shape index (κ1) is 22.8. The molecule has 29 heavy (non-hydrogen) atoms. The van der Waals surface area contributed by atoms with E-state index in [1.807, 2.05) is 31.2 Å². The molecule has 0 spiro atoms. The van der Waals surface area contributed by atoms with E-state index in [1.54, 1.807) is 4.68 Å². The molecule has 0 aliphatic rings. The quantitative estimate of drug-likeness (QED) is 0.307. The lowest BCUT2D eigenvalue weighted by Crippen LogP contribution is -2.10. The molecule has 0 fully saturated rings. The Morgan fingerprint density at radius 1 is 1.31 bits per heavy atom. The summed E-state index contributed by atoms with van der Waals surface area (Å²) in [5.41, 5.74) is 2.61. The first-order valence-electron chi connectivity index (χ1n) is 9.68. The van der Waals surface area contributed by atoms with Gasteiger partial charge in [0.1, 0.15) is 17.3 Å². The highest BCUT2D eigenvalue weighted by Gasteiger charge is 2.19. The summed E-state index contributed by atoms with van der Waals surface area (Å²) in [5, 5.41) is 5.13. The highest BCUT2D eigenvalue weighted by Crippen LogP contribution is 2.28. The molecule has 0 aliphatic carbocycles. The van der Waals surface area contributed by atoms with E-state index in [9.17, 15) is 4.79 Å². The highest BCUT2D eigenvalue weighted by molar-refractivity contribution is 6.30. The van der Waals surface area contributed by atoms with Gasteiger partial charge in [-0.15, -0.1) is 5.10 Å². The Kier molecular flexibility index (Phi) is 8.58. The fraction of sp³-hybridized carbons (Fsp3) is 0.455. The summed E-state index contributed by atoms with van der Waals surface area (Å²) >= 11 is 6.46. The minimum absolute atomic E-state index is 0.229. The normalized spacial score (nSPS) is 12.6. The maximum absolute atomic E-state index is 12.1. The van der Waals surface area contributed by atoms with E-state index >= 15 is 0 Å². The number of rotatable bonds is 10. The van der Waals surface area contributed by atoms with Crippen molar-refractivity contribution in [3.8, 4) is 5.88 Å². The molecule has 1 heterocycles. The Balaban J connectivity index is 2.23. The zero-order valence-corrected chi connectivity index (χ0v) is 18.5. The summed E-state index contributed by atoms with van der Waals surface area (Å²) < 4.78 is 17.7. The van der Waals surface area contributed by atoms with Crippen LogP contribution < -0.4 is 4.74 Å². The van der Waals surface area contributed by atoms with Crippen molar-refractivity contribution in [1.29, 1.82) is 0 Å². The molecule has 0 aliphatic heterocycles. The fourth-order valence-electron chi connectivity index (χ4n) is 3.15. The van der Waals surface area contributed by atoms with Gasteiger partial charge >= 0.3 is 5.97 Å². The molecule has 7 heteroatoms. The summed E-state index contributed by atoms with van der Waals surface area (Å²) in [7, 11) is 2.82. The van der Waals surface area contributed by atoms with E-state index in [1.165, 1.54) is 20.5 Å². The zero-order chi connectivity index (χ0) is 21.4.